The highest BCUT2D eigenvalue weighted by atomic mass is 32.1. The molecule has 0 radical (unpaired) electrons. The van der Waals surface area contributed by atoms with E-state index in [1.807, 2.05) is 54.8 Å². The lowest BCUT2D eigenvalue weighted by atomic mass is 10.0. The highest BCUT2D eigenvalue weighted by Gasteiger charge is 2.33. The molecule has 30 heavy (non-hydrogen) atoms. The molecule has 0 amide bonds. The summed E-state index contributed by atoms with van der Waals surface area (Å²) in [6.45, 7) is 3.81. The van der Waals surface area contributed by atoms with Gasteiger partial charge in [0.15, 0.2) is 5.76 Å². The molecule has 152 valence electrons. The van der Waals surface area contributed by atoms with Gasteiger partial charge in [-0.3, -0.25) is 9.69 Å². The summed E-state index contributed by atoms with van der Waals surface area (Å²) in [4.78, 5) is 16.1. The maximum absolute atomic E-state index is 12.9. The van der Waals surface area contributed by atoms with Crippen molar-refractivity contribution in [3.8, 4) is 17.2 Å². The smallest absolute Gasteiger partial charge is 0.232 e. The van der Waals surface area contributed by atoms with Crippen LogP contribution in [0.4, 0.5) is 0 Å². The van der Waals surface area contributed by atoms with Gasteiger partial charge in [0.1, 0.15) is 24.0 Å². The zero-order valence-corrected chi connectivity index (χ0v) is 17.6. The molecule has 2 aromatic carbocycles. The van der Waals surface area contributed by atoms with Crippen LogP contribution in [0.5, 0.6) is 17.2 Å². The van der Waals surface area contributed by atoms with E-state index < -0.39 is 0 Å². The molecule has 0 N–H and O–H groups in total. The number of methoxy groups -OCH3 is 1. The van der Waals surface area contributed by atoms with Crippen LogP contribution in [0.3, 0.4) is 0 Å². The van der Waals surface area contributed by atoms with Crippen LogP contribution in [-0.2, 0) is 13.1 Å². The number of hydrogen-bond donors (Lipinski definition) is 0. The highest BCUT2D eigenvalue weighted by Crippen LogP contribution is 2.42. The summed E-state index contributed by atoms with van der Waals surface area (Å²) in [5.41, 5.74) is 3.73. The number of para-hydroxylation sites is 1. The van der Waals surface area contributed by atoms with Crippen LogP contribution < -0.4 is 14.2 Å². The zero-order valence-electron chi connectivity index (χ0n) is 16.8. The van der Waals surface area contributed by atoms with Crippen molar-refractivity contribution in [3.63, 3.8) is 0 Å². The molecule has 5 nitrogen and oxygen atoms in total. The summed E-state index contributed by atoms with van der Waals surface area (Å²) in [6, 6.07) is 13.7. The number of carbonyl (C=O) groups is 1. The van der Waals surface area contributed by atoms with Gasteiger partial charge in [0.2, 0.25) is 5.78 Å². The zero-order chi connectivity index (χ0) is 20.7. The van der Waals surface area contributed by atoms with Gasteiger partial charge in [0.25, 0.3) is 0 Å². The average molecular weight is 420 g/mol. The molecule has 0 spiro atoms. The lowest BCUT2D eigenvalue weighted by Gasteiger charge is -2.30. The van der Waals surface area contributed by atoms with E-state index in [4.69, 9.17) is 14.2 Å². The van der Waals surface area contributed by atoms with Crippen LogP contribution in [0.2, 0.25) is 0 Å². The van der Waals surface area contributed by atoms with Crippen LogP contribution >= 0.6 is 11.3 Å². The SMILES string of the molecule is COc1ccccc1CN1COc2ccc3c(c2C1)O/C(=C\c1sccc1C)C3=O. The largest absolute Gasteiger partial charge is 0.496 e. The normalized spacial score (nSPS) is 16.7. The van der Waals surface area contributed by atoms with Gasteiger partial charge in [-0.2, -0.15) is 0 Å². The number of benzene rings is 2. The molecule has 5 rings (SSSR count). The third kappa shape index (κ3) is 3.28. The molecule has 3 heterocycles. The molecular weight excluding hydrogens is 398 g/mol. The predicted octanol–water partition coefficient (Wildman–Crippen LogP) is 5.03. The number of ether oxygens (including phenoxy) is 3. The first-order chi connectivity index (χ1) is 14.6. The Balaban J connectivity index is 1.43. The minimum Gasteiger partial charge on any atom is -0.496 e. The maximum Gasteiger partial charge on any atom is 0.232 e. The molecular formula is C24H21NO4S. The Morgan fingerprint density at radius 1 is 1.20 bits per heavy atom. The number of aryl methyl sites for hydroxylation is 1. The van der Waals surface area contributed by atoms with Crippen molar-refractivity contribution in [2.45, 2.75) is 20.0 Å². The summed E-state index contributed by atoms with van der Waals surface area (Å²) in [7, 11) is 1.68. The standard InChI is InChI=1S/C24H21NO4S/c1-15-9-10-30-22(15)11-21-23(26)17-7-8-20-18(24(17)29-21)13-25(14-28-20)12-16-5-3-4-6-19(16)27-2/h3-11H,12-14H2,1-2H3/b21-11-. The fourth-order valence-corrected chi connectivity index (χ4v) is 4.68. The van der Waals surface area contributed by atoms with Crippen molar-refractivity contribution in [2.24, 2.45) is 0 Å². The second-order valence-electron chi connectivity index (χ2n) is 7.40. The van der Waals surface area contributed by atoms with Gasteiger partial charge in [0.05, 0.1) is 18.2 Å². The summed E-state index contributed by atoms with van der Waals surface area (Å²) < 4.78 is 17.5. The number of rotatable bonds is 4. The maximum atomic E-state index is 12.9. The fourth-order valence-electron chi connectivity index (χ4n) is 3.83. The van der Waals surface area contributed by atoms with Crippen LogP contribution in [-0.4, -0.2) is 24.5 Å². The second kappa shape index (κ2) is 7.63. The van der Waals surface area contributed by atoms with E-state index in [9.17, 15) is 4.79 Å². The van der Waals surface area contributed by atoms with E-state index in [1.54, 1.807) is 24.5 Å². The van der Waals surface area contributed by atoms with E-state index >= 15 is 0 Å². The van der Waals surface area contributed by atoms with E-state index in [0.29, 0.717) is 36.9 Å². The monoisotopic (exact) mass is 419 g/mol. The summed E-state index contributed by atoms with van der Waals surface area (Å²) in [6.07, 6.45) is 1.84. The number of hydrogen-bond acceptors (Lipinski definition) is 6. The first-order valence-corrected chi connectivity index (χ1v) is 10.6. The van der Waals surface area contributed by atoms with Crippen molar-refractivity contribution in [1.29, 1.82) is 0 Å². The van der Waals surface area contributed by atoms with Crippen molar-refractivity contribution in [2.75, 3.05) is 13.8 Å². The predicted molar refractivity (Wildman–Crippen MR) is 116 cm³/mol. The molecule has 1 aromatic heterocycles. The minimum atomic E-state index is -0.0811. The Bertz CT molecular complexity index is 1160. The van der Waals surface area contributed by atoms with Gasteiger partial charge in [-0.25, -0.2) is 0 Å². The number of Topliss-reactive ketones (excluding diaryl/α,β-unsaturated/α-hetero) is 1. The quantitative estimate of drug-likeness (QED) is 0.555. The molecule has 0 aliphatic carbocycles. The first kappa shape index (κ1) is 18.9. The molecule has 0 unspecified atom stereocenters. The van der Waals surface area contributed by atoms with Gasteiger partial charge >= 0.3 is 0 Å². The topological polar surface area (TPSA) is 48.0 Å². The number of nitrogens with zero attached hydrogens (tertiary/aromatic N) is 1. The molecule has 2 aliphatic rings. The Morgan fingerprint density at radius 2 is 2.07 bits per heavy atom. The summed E-state index contributed by atoms with van der Waals surface area (Å²) in [5, 5.41) is 2.01. The number of allylic oxidation sites excluding steroid dienone is 1. The lowest BCUT2D eigenvalue weighted by molar-refractivity contribution is 0.0865. The number of fused-ring (bicyclic) bond motifs is 3. The molecule has 0 saturated heterocycles. The van der Waals surface area contributed by atoms with Gasteiger partial charge < -0.3 is 14.2 Å². The van der Waals surface area contributed by atoms with E-state index in [0.717, 1.165) is 33.1 Å². The van der Waals surface area contributed by atoms with Crippen molar-refractivity contribution in [1.82, 2.24) is 4.90 Å². The van der Waals surface area contributed by atoms with E-state index in [2.05, 4.69) is 4.90 Å². The van der Waals surface area contributed by atoms with Crippen LogP contribution in [0.1, 0.15) is 31.9 Å². The molecule has 2 aliphatic heterocycles. The van der Waals surface area contributed by atoms with Crippen LogP contribution in [0.15, 0.2) is 53.6 Å². The van der Waals surface area contributed by atoms with Crippen LogP contribution in [0.25, 0.3) is 6.08 Å². The number of thiophene rings is 1. The van der Waals surface area contributed by atoms with Gasteiger partial charge in [-0.05, 0) is 42.1 Å². The molecule has 6 heteroatoms. The van der Waals surface area contributed by atoms with Crippen molar-refractivity contribution >= 4 is 23.2 Å². The molecule has 0 saturated carbocycles. The van der Waals surface area contributed by atoms with Gasteiger partial charge in [-0.15, -0.1) is 11.3 Å². The highest BCUT2D eigenvalue weighted by molar-refractivity contribution is 7.11. The molecule has 0 bridgehead atoms. The van der Waals surface area contributed by atoms with E-state index in [-0.39, 0.29) is 5.78 Å². The minimum absolute atomic E-state index is 0.0811. The molecule has 3 aromatic rings. The Morgan fingerprint density at radius 3 is 2.87 bits per heavy atom. The number of carbonyl (C=O) groups excluding carboxylic acids is 1. The Labute approximate surface area is 179 Å². The fraction of sp³-hybridized carbons (Fsp3) is 0.208. The van der Waals surface area contributed by atoms with Gasteiger partial charge in [0, 0.05) is 29.6 Å². The number of ketones is 1. The Kier molecular flexibility index (Phi) is 4.81. The summed E-state index contributed by atoms with van der Waals surface area (Å²) in [5.74, 6) is 2.52. The lowest BCUT2D eigenvalue weighted by Crippen LogP contribution is -2.31. The third-order valence-electron chi connectivity index (χ3n) is 5.43. The third-order valence-corrected chi connectivity index (χ3v) is 6.40. The Hall–Kier alpha value is -3.09. The summed E-state index contributed by atoms with van der Waals surface area (Å²) >= 11 is 1.60. The average Bonchev–Trinajstić information content (AvgIpc) is 3.32. The molecule has 0 atom stereocenters. The van der Waals surface area contributed by atoms with Crippen LogP contribution in [0, 0.1) is 6.92 Å². The van der Waals surface area contributed by atoms with Crippen molar-refractivity contribution in [3.05, 3.63) is 80.7 Å². The first-order valence-electron chi connectivity index (χ1n) is 9.75. The van der Waals surface area contributed by atoms with Gasteiger partial charge in [-0.1, -0.05) is 18.2 Å². The molecule has 0 fully saturated rings. The van der Waals surface area contributed by atoms with Crippen molar-refractivity contribution < 1.29 is 19.0 Å². The second-order valence-corrected chi connectivity index (χ2v) is 8.35. The van der Waals surface area contributed by atoms with E-state index in [1.165, 1.54) is 0 Å².